The van der Waals surface area contributed by atoms with Crippen LogP contribution in [-0.2, 0) is 14.4 Å². The molecule has 1 fully saturated rings. The Bertz CT molecular complexity index is 426. The molecule has 1 aliphatic rings. The SMILES string of the molecule is CCC[C@@]1(c2ccccc2)OC(COC(N)=O)CS1. The van der Waals surface area contributed by atoms with Gasteiger partial charge in [-0.25, -0.2) is 4.79 Å². The molecule has 19 heavy (non-hydrogen) atoms. The molecule has 104 valence electrons. The molecule has 2 N–H and O–H groups in total. The topological polar surface area (TPSA) is 61.6 Å². The molecule has 1 heterocycles. The summed E-state index contributed by atoms with van der Waals surface area (Å²) in [4.78, 5) is 10.3. The quantitative estimate of drug-likeness (QED) is 0.901. The second-order valence-electron chi connectivity index (χ2n) is 4.55. The lowest BCUT2D eigenvalue weighted by molar-refractivity contribution is -0.0411. The van der Waals surface area contributed by atoms with E-state index in [1.54, 1.807) is 11.8 Å². The Hall–Kier alpha value is -1.20. The molecule has 2 rings (SSSR count). The minimum atomic E-state index is -0.749. The fourth-order valence-corrected chi connectivity index (χ4v) is 3.74. The van der Waals surface area contributed by atoms with Crippen LogP contribution in [0, 0.1) is 0 Å². The van der Waals surface area contributed by atoms with E-state index >= 15 is 0 Å². The standard InChI is InChI=1S/C14H19NO3S/c1-2-8-14(11-6-4-3-5-7-11)18-12(10-19-14)9-17-13(15)16/h3-7,12H,2,8-10H2,1H3,(H2,15,16)/t12?,14-/m1/s1. The Morgan fingerprint density at radius 3 is 2.89 bits per heavy atom. The number of amides is 1. The average Bonchev–Trinajstić information content (AvgIpc) is 2.83. The van der Waals surface area contributed by atoms with Crippen molar-refractivity contribution < 1.29 is 14.3 Å². The molecule has 1 saturated heterocycles. The Kier molecular flexibility index (Phi) is 4.71. The van der Waals surface area contributed by atoms with Gasteiger partial charge in [-0.2, -0.15) is 0 Å². The summed E-state index contributed by atoms with van der Waals surface area (Å²) in [5.41, 5.74) is 6.15. The highest BCUT2D eigenvalue weighted by Crippen LogP contribution is 2.48. The average molecular weight is 281 g/mol. The van der Waals surface area contributed by atoms with Gasteiger partial charge in [0.1, 0.15) is 17.6 Å². The van der Waals surface area contributed by atoms with Crippen LogP contribution in [-0.4, -0.2) is 24.6 Å². The number of ether oxygens (including phenoxy) is 2. The van der Waals surface area contributed by atoms with Crippen molar-refractivity contribution in [1.29, 1.82) is 0 Å². The van der Waals surface area contributed by atoms with Crippen LogP contribution in [0.4, 0.5) is 4.79 Å². The summed E-state index contributed by atoms with van der Waals surface area (Å²) < 4.78 is 11.0. The highest BCUT2D eigenvalue weighted by Gasteiger charge is 2.42. The lowest BCUT2D eigenvalue weighted by atomic mass is 10.0. The number of benzene rings is 1. The molecule has 1 aliphatic heterocycles. The first-order valence-corrected chi connectivity index (χ1v) is 7.44. The van der Waals surface area contributed by atoms with Crippen molar-refractivity contribution in [3.05, 3.63) is 35.9 Å². The molecule has 0 bridgehead atoms. The number of carbonyl (C=O) groups is 1. The van der Waals surface area contributed by atoms with E-state index in [1.165, 1.54) is 5.56 Å². The van der Waals surface area contributed by atoms with Crippen molar-refractivity contribution in [3.63, 3.8) is 0 Å². The zero-order valence-electron chi connectivity index (χ0n) is 11.0. The van der Waals surface area contributed by atoms with Gasteiger partial charge in [0.05, 0.1) is 0 Å². The Balaban J connectivity index is 2.08. The number of hydrogen-bond acceptors (Lipinski definition) is 4. The molecular weight excluding hydrogens is 262 g/mol. The van der Waals surface area contributed by atoms with Gasteiger partial charge in [-0.1, -0.05) is 43.7 Å². The van der Waals surface area contributed by atoms with Crippen LogP contribution in [0.1, 0.15) is 25.3 Å². The summed E-state index contributed by atoms with van der Waals surface area (Å²) >= 11 is 1.77. The minimum Gasteiger partial charge on any atom is -0.447 e. The molecule has 0 spiro atoms. The lowest BCUT2D eigenvalue weighted by Gasteiger charge is -2.28. The van der Waals surface area contributed by atoms with E-state index in [4.69, 9.17) is 15.2 Å². The van der Waals surface area contributed by atoms with Crippen LogP contribution in [0.15, 0.2) is 30.3 Å². The largest absolute Gasteiger partial charge is 0.447 e. The van der Waals surface area contributed by atoms with E-state index in [0.29, 0.717) is 0 Å². The van der Waals surface area contributed by atoms with E-state index < -0.39 is 6.09 Å². The third-order valence-electron chi connectivity index (χ3n) is 3.06. The molecular formula is C14H19NO3S. The first-order valence-electron chi connectivity index (χ1n) is 6.46. The summed E-state index contributed by atoms with van der Waals surface area (Å²) in [5, 5.41) is 0. The lowest BCUT2D eigenvalue weighted by Crippen LogP contribution is -2.28. The van der Waals surface area contributed by atoms with Crippen LogP contribution in [0.5, 0.6) is 0 Å². The minimum absolute atomic E-state index is 0.0933. The zero-order chi connectivity index (χ0) is 13.7. The molecule has 0 saturated carbocycles. The van der Waals surface area contributed by atoms with Gasteiger partial charge in [0, 0.05) is 5.75 Å². The molecule has 1 unspecified atom stereocenters. The number of thioether (sulfide) groups is 1. The third-order valence-corrected chi connectivity index (χ3v) is 4.60. The van der Waals surface area contributed by atoms with Crippen LogP contribution in [0.25, 0.3) is 0 Å². The number of hydrogen-bond donors (Lipinski definition) is 1. The van der Waals surface area contributed by atoms with Gasteiger partial charge < -0.3 is 15.2 Å². The van der Waals surface area contributed by atoms with E-state index in [9.17, 15) is 4.79 Å². The summed E-state index contributed by atoms with van der Waals surface area (Å²) in [7, 11) is 0. The number of rotatable bonds is 5. The maximum Gasteiger partial charge on any atom is 0.404 e. The van der Waals surface area contributed by atoms with Crippen molar-refractivity contribution >= 4 is 17.9 Å². The second-order valence-corrected chi connectivity index (χ2v) is 5.83. The molecule has 1 aromatic rings. The van der Waals surface area contributed by atoms with E-state index in [2.05, 4.69) is 19.1 Å². The van der Waals surface area contributed by atoms with Crippen LogP contribution in [0.2, 0.25) is 0 Å². The number of carbonyl (C=O) groups excluding carboxylic acids is 1. The Morgan fingerprint density at radius 2 is 2.26 bits per heavy atom. The predicted octanol–water partition coefficient (Wildman–Crippen LogP) is 2.87. The molecule has 0 radical (unpaired) electrons. The summed E-state index contributed by atoms with van der Waals surface area (Å²) in [6.45, 7) is 2.36. The van der Waals surface area contributed by atoms with E-state index in [0.717, 1.165) is 18.6 Å². The molecule has 0 aromatic heterocycles. The number of primary amides is 1. The first kappa shape index (κ1) is 14.2. The number of nitrogens with two attached hydrogens (primary N) is 1. The van der Waals surface area contributed by atoms with Crippen molar-refractivity contribution in [3.8, 4) is 0 Å². The van der Waals surface area contributed by atoms with Crippen LogP contribution >= 0.6 is 11.8 Å². The van der Waals surface area contributed by atoms with Gasteiger partial charge in [-0.05, 0) is 12.0 Å². The summed E-state index contributed by atoms with van der Waals surface area (Å²) in [6.07, 6.45) is 1.13. The maximum atomic E-state index is 10.7. The monoisotopic (exact) mass is 281 g/mol. The Labute approximate surface area is 117 Å². The molecule has 2 atom stereocenters. The molecule has 1 amide bonds. The molecule has 0 aliphatic carbocycles. The van der Waals surface area contributed by atoms with Gasteiger partial charge in [0.15, 0.2) is 0 Å². The predicted molar refractivity (Wildman–Crippen MR) is 75.9 cm³/mol. The van der Waals surface area contributed by atoms with Gasteiger partial charge in [-0.15, -0.1) is 11.8 Å². The van der Waals surface area contributed by atoms with E-state index in [1.807, 2.05) is 18.2 Å². The summed E-state index contributed by atoms with van der Waals surface area (Å²) in [5.74, 6) is 0.808. The van der Waals surface area contributed by atoms with Crippen molar-refractivity contribution in [2.24, 2.45) is 5.73 Å². The fourth-order valence-electron chi connectivity index (χ4n) is 2.27. The highest BCUT2D eigenvalue weighted by molar-refractivity contribution is 8.00. The van der Waals surface area contributed by atoms with Crippen molar-refractivity contribution in [2.75, 3.05) is 12.4 Å². The van der Waals surface area contributed by atoms with Gasteiger partial charge in [0.25, 0.3) is 0 Å². The highest BCUT2D eigenvalue weighted by atomic mass is 32.2. The first-order chi connectivity index (χ1) is 9.16. The molecule has 4 nitrogen and oxygen atoms in total. The van der Waals surface area contributed by atoms with Gasteiger partial charge in [-0.3, -0.25) is 0 Å². The normalized spacial score (nSPS) is 26.3. The van der Waals surface area contributed by atoms with Crippen LogP contribution < -0.4 is 5.73 Å². The van der Waals surface area contributed by atoms with Crippen molar-refractivity contribution in [2.45, 2.75) is 30.8 Å². The maximum absolute atomic E-state index is 10.7. The van der Waals surface area contributed by atoms with E-state index in [-0.39, 0.29) is 17.6 Å². The zero-order valence-corrected chi connectivity index (χ0v) is 11.8. The molecule has 5 heteroatoms. The summed E-state index contributed by atoms with van der Waals surface area (Å²) in [6, 6.07) is 10.2. The van der Waals surface area contributed by atoms with Crippen molar-refractivity contribution in [1.82, 2.24) is 0 Å². The van der Waals surface area contributed by atoms with Gasteiger partial charge in [0.2, 0.25) is 0 Å². The smallest absolute Gasteiger partial charge is 0.404 e. The van der Waals surface area contributed by atoms with Gasteiger partial charge >= 0.3 is 6.09 Å². The molecule has 1 aromatic carbocycles. The third kappa shape index (κ3) is 3.42. The second kappa shape index (κ2) is 6.30. The fraction of sp³-hybridized carbons (Fsp3) is 0.500. The van der Waals surface area contributed by atoms with Crippen LogP contribution in [0.3, 0.4) is 0 Å². The Morgan fingerprint density at radius 1 is 1.53 bits per heavy atom.